The van der Waals surface area contributed by atoms with Gasteiger partial charge in [0.2, 0.25) is 0 Å². The number of nitrogens with zero attached hydrogens (tertiary/aromatic N) is 3. The average molecular weight is 365 g/mol. The molecule has 2 aromatic heterocycles. The molecular formula is C21H23N3O3. The molecule has 2 aromatic rings. The van der Waals surface area contributed by atoms with Crippen LogP contribution in [0.15, 0.2) is 42.8 Å². The molecule has 0 spiro atoms. The first-order valence-corrected chi connectivity index (χ1v) is 8.81. The third-order valence-electron chi connectivity index (χ3n) is 4.37. The Balaban J connectivity index is 2.01. The Morgan fingerprint density at radius 3 is 2.85 bits per heavy atom. The van der Waals surface area contributed by atoms with Crippen molar-refractivity contribution in [3.63, 3.8) is 0 Å². The SMILES string of the molecule is C=C(/C=C\C)N1Cc2nc(-c3cnc(OC)c(OCC)c3)cc(C)c2C1=O. The van der Waals surface area contributed by atoms with E-state index in [0.29, 0.717) is 36.0 Å². The van der Waals surface area contributed by atoms with Crippen LogP contribution >= 0.6 is 0 Å². The van der Waals surface area contributed by atoms with Crippen LogP contribution in [-0.2, 0) is 6.54 Å². The van der Waals surface area contributed by atoms with Crippen molar-refractivity contribution in [3.05, 3.63) is 59.6 Å². The van der Waals surface area contributed by atoms with Crippen LogP contribution < -0.4 is 9.47 Å². The predicted octanol–water partition coefficient (Wildman–Crippen LogP) is 3.90. The minimum Gasteiger partial charge on any atom is -0.488 e. The van der Waals surface area contributed by atoms with Gasteiger partial charge in [-0.05, 0) is 44.5 Å². The highest BCUT2D eigenvalue weighted by molar-refractivity contribution is 6.00. The first-order valence-electron chi connectivity index (χ1n) is 8.81. The van der Waals surface area contributed by atoms with Gasteiger partial charge >= 0.3 is 0 Å². The van der Waals surface area contributed by atoms with E-state index in [9.17, 15) is 4.79 Å². The van der Waals surface area contributed by atoms with Crippen LogP contribution in [0.25, 0.3) is 11.3 Å². The Kier molecular flexibility index (Phi) is 5.26. The number of hydrogen-bond acceptors (Lipinski definition) is 5. The van der Waals surface area contributed by atoms with Crippen LogP contribution in [0, 0.1) is 6.92 Å². The molecule has 6 nitrogen and oxygen atoms in total. The van der Waals surface area contributed by atoms with Gasteiger partial charge in [-0.15, -0.1) is 0 Å². The van der Waals surface area contributed by atoms with Crippen molar-refractivity contribution in [2.45, 2.75) is 27.3 Å². The van der Waals surface area contributed by atoms with Crippen LogP contribution in [0.1, 0.15) is 35.5 Å². The van der Waals surface area contributed by atoms with Gasteiger partial charge < -0.3 is 14.4 Å². The van der Waals surface area contributed by atoms with Crippen LogP contribution in [-0.4, -0.2) is 34.5 Å². The zero-order chi connectivity index (χ0) is 19.6. The maximum Gasteiger partial charge on any atom is 0.260 e. The van der Waals surface area contributed by atoms with Gasteiger partial charge in [-0.3, -0.25) is 9.78 Å². The molecule has 0 fully saturated rings. The van der Waals surface area contributed by atoms with E-state index in [1.165, 1.54) is 0 Å². The molecule has 140 valence electrons. The van der Waals surface area contributed by atoms with Gasteiger partial charge in [0.15, 0.2) is 5.75 Å². The van der Waals surface area contributed by atoms with E-state index in [4.69, 9.17) is 14.5 Å². The second-order valence-corrected chi connectivity index (χ2v) is 6.19. The number of carbonyl (C=O) groups excluding carboxylic acids is 1. The second-order valence-electron chi connectivity index (χ2n) is 6.19. The number of ether oxygens (including phenoxy) is 2. The molecule has 1 amide bonds. The molecule has 0 saturated carbocycles. The summed E-state index contributed by atoms with van der Waals surface area (Å²) in [6, 6.07) is 3.76. The van der Waals surface area contributed by atoms with E-state index in [1.807, 2.05) is 45.1 Å². The number of fused-ring (bicyclic) bond motifs is 1. The zero-order valence-electron chi connectivity index (χ0n) is 16.1. The van der Waals surface area contributed by atoms with Crippen LogP contribution in [0.2, 0.25) is 0 Å². The fourth-order valence-electron chi connectivity index (χ4n) is 3.15. The van der Waals surface area contributed by atoms with Gasteiger partial charge in [0.05, 0.1) is 37.2 Å². The lowest BCUT2D eigenvalue weighted by molar-refractivity contribution is 0.0831. The third kappa shape index (κ3) is 3.43. The minimum atomic E-state index is -0.0625. The smallest absolute Gasteiger partial charge is 0.260 e. The van der Waals surface area contributed by atoms with Gasteiger partial charge in [-0.1, -0.05) is 12.7 Å². The molecule has 1 aliphatic heterocycles. The number of hydrogen-bond donors (Lipinski definition) is 0. The molecule has 0 saturated heterocycles. The lowest BCUT2D eigenvalue weighted by atomic mass is 10.0. The largest absolute Gasteiger partial charge is 0.488 e. The number of carbonyl (C=O) groups is 1. The van der Waals surface area contributed by atoms with Crippen molar-refractivity contribution in [1.82, 2.24) is 14.9 Å². The van der Waals surface area contributed by atoms with E-state index in [-0.39, 0.29) is 5.91 Å². The lowest BCUT2D eigenvalue weighted by Gasteiger charge is -2.14. The molecule has 3 heterocycles. The van der Waals surface area contributed by atoms with Crippen LogP contribution in [0.4, 0.5) is 0 Å². The highest BCUT2D eigenvalue weighted by atomic mass is 16.5. The topological polar surface area (TPSA) is 64.6 Å². The number of allylic oxidation sites excluding steroid dienone is 2. The molecule has 27 heavy (non-hydrogen) atoms. The fourth-order valence-corrected chi connectivity index (χ4v) is 3.15. The normalized spacial score (nSPS) is 13.2. The lowest BCUT2D eigenvalue weighted by Crippen LogP contribution is -2.21. The third-order valence-corrected chi connectivity index (χ3v) is 4.37. The van der Waals surface area contributed by atoms with E-state index < -0.39 is 0 Å². The molecule has 0 radical (unpaired) electrons. The molecular weight excluding hydrogens is 342 g/mol. The number of amides is 1. The van der Waals surface area contributed by atoms with E-state index in [1.54, 1.807) is 18.2 Å². The van der Waals surface area contributed by atoms with Crippen molar-refractivity contribution < 1.29 is 14.3 Å². The minimum absolute atomic E-state index is 0.0625. The summed E-state index contributed by atoms with van der Waals surface area (Å²) in [6.07, 6.45) is 5.38. The standard InChI is InChI=1S/C21H23N3O3/c1-6-8-14(4)24-12-17-19(21(24)25)13(3)9-16(23-17)15-10-18(27-7-2)20(26-5)22-11-15/h6,8-11H,4,7,12H2,1-3,5H3/b8-6-. The van der Waals surface area contributed by atoms with E-state index in [2.05, 4.69) is 11.6 Å². The Hall–Kier alpha value is -3.15. The Morgan fingerprint density at radius 1 is 1.41 bits per heavy atom. The fraction of sp³-hybridized carbons (Fsp3) is 0.286. The van der Waals surface area contributed by atoms with Crippen molar-refractivity contribution >= 4 is 5.91 Å². The van der Waals surface area contributed by atoms with E-state index in [0.717, 1.165) is 22.5 Å². The number of aromatic nitrogens is 2. The quantitative estimate of drug-likeness (QED) is 0.726. The van der Waals surface area contributed by atoms with Gasteiger partial charge in [-0.25, -0.2) is 4.98 Å². The summed E-state index contributed by atoms with van der Waals surface area (Å²) in [6.45, 7) is 10.6. The Bertz CT molecular complexity index is 935. The second kappa shape index (κ2) is 7.61. The average Bonchev–Trinajstić information content (AvgIpc) is 2.99. The first kappa shape index (κ1) is 18.6. The highest BCUT2D eigenvalue weighted by Gasteiger charge is 2.31. The molecule has 6 heteroatoms. The molecule has 0 aromatic carbocycles. The predicted molar refractivity (Wildman–Crippen MR) is 104 cm³/mol. The van der Waals surface area contributed by atoms with Gasteiger partial charge in [0.1, 0.15) is 0 Å². The molecule has 1 aliphatic rings. The molecule has 0 aliphatic carbocycles. The maximum absolute atomic E-state index is 12.7. The summed E-state index contributed by atoms with van der Waals surface area (Å²) >= 11 is 0. The summed E-state index contributed by atoms with van der Waals surface area (Å²) in [7, 11) is 1.56. The summed E-state index contributed by atoms with van der Waals surface area (Å²) in [4.78, 5) is 23.4. The van der Waals surface area contributed by atoms with Crippen molar-refractivity contribution in [1.29, 1.82) is 0 Å². The van der Waals surface area contributed by atoms with Gasteiger partial charge in [0.25, 0.3) is 11.8 Å². The molecule has 0 N–H and O–H groups in total. The van der Waals surface area contributed by atoms with Crippen LogP contribution in [0.3, 0.4) is 0 Å². The first-order chi connectivity index (χ1) is 13.0. The monoisotopic (exact) mass is 365 g/mol. The number of aryl methyl sites for hydroxylation is 1. The molecule has 0 bridgehead atoms. The summed E-state index contributed by atoms with van der Waals surface area (Å²) in [5.74, 6) is 0.937. The van der Waals surface area contributed by atoms with Crippen LogP contribution in [0.5, 0.6) is 11.6 Å². The van der Waals surface area contributed by atoms with Crippen molar-refractivity contribution in [3.8, 4) is 22.9 Å². The zero-order valence-corrected chi connectivity index (χ0v) is 16.1. The molecule has 0 unspecified atom stereocenters. The highest BCUT2D eigenvalue weighted by Crippen LogP contribution is 2.33. The maximum atomic E-state index is 12.7. The molecule has 3 rings (SSSR count). The summed E-state index contributed by atoms with van der Waals surface area (Å²) < 4.78 is 10.8. The van der Waals surface area contributed by atoms with Gasteiger partial charge in [-0.2, -0.15) is 0 Å². The number of pyridine rings is 2. The summed E-state index contributed by atoms with van der Waals surface area (Å²) in [5.41, 5.74) is 4.48. The number of rotatable bonds is 6. The van der Waals surface area contributed by atoms with Crippen molar-refractivity contribution in [2.75, 3.05) is 13.7 Å². The van der Waals surface area contributed by atoms with E-state index >= 15 is 0 Å². The van der Waals surface area contributed by atoms with Gasteiger partial charge in [0, 0.05) is 17.5 Å². The Morgan fingerprint density at radius 2 is 2.19 bits per heavy atom. The number of methoxy groups -OCH3 is 1. The Labute approximate surface area is 159 Å². The molecule has 0 atom stereocenters. The van der Waals surface area contributed by atoms with Crippen molar-refractivity contribution in [2.24, 2.45) is 0 Å². The summed E-state index contributed by atoms with van der Waals surface area (Å²) in [5, 5.41) is 0.